The van der Waals surface area contributed by atoms with E-state index >= 15 is 0 Å². The number of nitrogens with one attached hydrogen (secondary N) is 1. The van der Waals surface area contributed by atoms with Crippen LogP contribution < -0.4 is 4.72 Å². The second-order valence-corrected chi connectivity index (χ2v) is 6.41. The van der Waals surface area contributed by atoms with Crippen molar-refractivity contribution in [3.05, 3.63) is 47.6 Å². The van der Waals surface area contributed by atoms with E-state index in [2.05, 4.69) is 14.9 Å². The molecule has 1 aromatic heterocycles. The molecule has 108 valence electrons. The predicted octanol–water partition coefficient (Wildman–Crippen LogP) is 1.14. The third-order valence-electron chi connectivity index (χ3n) is 2.76. The van der Waals surface area contributed by atoms with Gasteiger partial charge < -0.3 is 4.52 Å². The number of hydrogen-bond acceptors (Lipinski definition) is 5. The van der Waals surface area contributed by atoms with E-state index in [1.54, 1.807) is 6.92 Å². The van der Waals surface area contributed by atoms with E-state index in [1.165, 1.54) is 0 Å². The predicted molar refractivity (Wildman–Crippen MR) is 74.7 cm³/mol. The van der Waals surface area contributed by atoms with Crippen molar-refractivity contribution in [3.8, 4) is 0 Å². The summed E-state index contributed by atoms with van der Waals surface area (Å²) in [5.41, 5.74) is 1.10. The molecule has 0 unspecified atom stereocenters. The van der Waals surface area contributed by atoms with E-state index in [0.29, 0.717) is 24.6 Å². The van der Waals surface area contributed by atoms with Gasteiger partial charge in [0.15, 0.2) is 5.82 Å². The van der Waals surface area contributed by atoms with E-state index in [0.717, 1.165) is 5.56 Å². The topological polar surface area (TPSA) is 85.1 Å². The number of benzene rings is 1. The zero-order chi connectivity index (χ0) is 14.4. The maximum Gasteiger partial charge on any atom is 0.227 e. The molecule has 1 N–H and O–H groups in total. The summed E-state index contributed by atoms with van der Waals surface area (Å²) in [6, 6.07) is 9.84. The average Bonchev–Trinajstić information content (AvgIpc) is 2.87. The average molecular weight is 295 g/mol. The Morgan fingerprint density at radius 1 is 1.25 bits per heavy atom. The van der Waals surface area contributed by atoms with Gasteiger partial charge in [0.05, 0.1) is 5.75 Å². The highest BCUT2D eigenvalue weighted by atomic mass is 32.2. The molecule has 0 amide bonds. The lowest BCUT2D eigenvalue weighted by Crippen LogP contribution is -2.27. The molecule has 20 heavy (non-hydrogen) atoms. The first-order valence-corrected chi connectivity index (χ1v) is 8.07. The third kappa shape index (κ3) is 4.43. The van der Waals surface area contributed by atoms with Gasteiger partial charge in [-0.3, -0.25) is 0 Å². The van der Waals surface area contributed by atoms with Gasteiger partial charge in [0.1, 0.15) is 0 Å². The molecule has 1 aromatic carbocycles. The van der Waals surface area contributed by atoms with Crippen LogP contribution in [0.5, 0.6) is 0 Å². The van der Waals surface area contributed by atoms with Crippen molar-refractivity contribution in [2.45, 2.75) is 19.8 Å². The first kappa shape index (κ1) is 14.7. The lowest BCUT2D eigenvalue weighted by atomic mass is 10.1. The van der Waals surface area contributed by atoms with Crippen LogP contribution in [0.2, 0.25) is 0 Å². The Balaban J connectivity index is 1.87. The molecule has 0 aliphatic rings. The van der Waals surface area contributed by atoms with Gasteiger partial charge >= 0.3 is 0 Å². The molecule has 0 aliphatic carbocycles. The number of sulfonamides is 1. The molecule has 0 saturated heterocycles. The quantitative estimate of drug-likeness (QED) is 0.828. The van der Waals surface area contributed by atoms with Gasteiger partial charge in [-0.2, -0.15) is 4.98 Å². The minimum absolute atomic E-state index is 0.0656. The highest BCUT2D eigenvalue weighted by Crippen LogP contribution is 2.06. The van der Waals surface area contributed by atoms with Crippen LogP contribution in [-0.2, 0) is 22.9 Å². The summed E-state index contributed by atoms with van der Waals surface area (Å²) in [4.78, 5) is 4.24. The van der Waals surface area contributed by atoms with E-state index in [9.17, 15) is 8.42 Å². The van der Waals surface area contributed by atoms with Gasteiger partial charge in [0.2, 0.25) is 15.9 Å². The van der Waals surface area contributed by atoms with Crippen LogP contribution in [0.3, 0.4) is 0 Å². The second kappa shape index (κ2) is 6.62. The summed E-state index contributed by atoms with van der Waals surface area (Å²) in [6.07, 6.45) is 0.992. The fraction of sp³-hybridized carbons (Fsp3) is 0.385. The van der Waals surface area contributed by atoms with Crippen molar-refractivity contribution in [1.29, 1.82) is 0 Å². The second-order valence-electron chi connectivity index (χ2n) is 4.31. The summed E-state index contributed by atoms with van der Waals surface area (Å²) in [6.45, 7) is 1.86. The smallest absolute Gasteiger partial charge is 0.227 e. The van der Waals surface area contributed by atoms with Crippen LogP contribution in [0, 0.1) is 0 Å². The molecule has 0 spiro atoms. The van der Waals surface area contributed by atoms with Crippen LogP contribution in [0.1, 0.15) is 24.2 Å². The van der Waals surface area contributed by atoms with Crippen LogP contribution in [0.25, 0.3) is 0 Å². The summed E-state index contributed by atoms with van der Waals surface area (Å²) in [5.74, 6) is 1.11. The van der Waals surface area contributed by atoms with E-state index < -0.39 is 10.0 Å². The maximum atomic E-state index is 11.3. The highest BCUT2D eigenvalue weighted by molar-refractivity contribution is 7.89. The van der Waals surface area contributed by atoms with Crippen LogP contribution >= 0.6 is 0 Å². The summed E-state index contributed by atoms with van der Waals surface area (Å²) in [5, 5.41) is 3.88. The van der Waals surface area contributed by atoms with Crippen molar-refractivity contribution >= 4 is 10.0 Å². The summed E-state index contributed by atoms with van der Waals surface area (Å²) in [7, 11) is -3.17. The standard InChI is InChI=1S/C13H17N3O3S/c1-2-20(17,18)14-9-8-13-15-12(16-19-13)10-11-6-4-3-5-7-11/h3-7,14H,2,8-10H2,1H3. The fourth-order valence-electron chi connectivity index (χ4n) is 1.66. The number of nitrogens with zero attached hydrogens (tertiary/aromatic N) is 2. The molecular weight excluding hydrogens is 278 g/mol. The van der Waals surface area contributed by atoms with E-state index in [1.807, 2.05) is 30.3 Å². The minimum atomic E-state index is -3.17. The van der Waals surface area contributed by atoms with Crippen molar-refractivity contribution in [2.75, 3.05) is 12.3 Å². The summed E-state index contributed by atoms with van der Waals surface area (Å²) >= 11 is 0. The van der Waals surface area contributed by atoms with E-state index in [4.69, 9.17) is 4.52 Å². The van der Waals surface area contributed by atoms with Gasteiger partial charge in [-0.25, -0.2) is 13.1 Å². The SMILES string of the molecule is CCS(=O)(=O)NCCc1nc(Cc2ccccc2)no1. The number of rotatable bonds is 7. The van der Waals surface area contributed by atoms with Gasteiger partial charge in [0.25, 0.3) is 0 Å². The molecule has 0 aliphatic heterocycles. The molecule has 7 heteroatoms. The lowest BCUT2D eigenvalue weighted by Gasteiger charge is -2.00. The van der Waals surface area contributed by atoms with Crippen molar-refractivity contribution < 1.29 is 12.9 Å². The highest BCUT2D eigenvalue weighted by Gasteiger charge is 2.09. The fourth-order valence-corrected chi connectivity index (χ4v) is 2.27. The minimum Gasteiger partial charge on any atom is -0.339 e. The first-order valence-electron chi connectivity index (χ1n) is 6.42. The first-order chi connectivity index (χ1) is 9.59. The van der Waals surface area contributed by atoms with Crippen molar-refractivity contribution in [1.82, 2.24) is 14.9 Å². The Bertz CT molecular complexity index is 638. The normalized spacial score (nSPS) is 11.7. The Morgan fingerprint density at radius 2 is 2.00 bits per heavy atom. The zero-order valence-corrected chi connectivity index (χ0v) is 12.1. The molecule has 0 bridgehead atoms. The molecule has 0 radical (unpaired) electrons. The van der Waals surface area contributed by atoms with E-state index in [-0.39, 0.29) is 12.3 Å². The maximum absolute atomic E-state index is 11.3. The van der Waals surface area contributed by atoms with Crippen molar-refractivity contribution in [2.24, 2.45) is 0 Å². The van der Waals surface area contributed by atoms with Gasteiger partial charge in [-0.15, -0.1) is 0 Å². The Morgan fingerprint density at radius 3 is 2.70 bits per heavy atom. The van der Waals surface area contributed by atoms with Crippen LogP contribution in [-0.4, -0.2) is 30.9 Å². The molecule has 0 saturated carbocycles. The Labute approximate surface area is 118 Å². The molecule has 2 aromatic rings. The lowest BCUT2D eigenvalue weighted by molar-refractivity contribution is 0.374. The molecule has 6 nitrogen and oxygen atoms in total. The zero-order valence-electron chi connectivity index (χ0n) is 11.2. The van der Waals surface area contributed by atoms with Gasteiger partial charge in [0, 0.05) is 19.4 Å². The largest absolute Gasteiger partial charge is 0.339 e. The van der Waals surface area contributed by atoms with Gasteiger partial charge in [-0.05, 0) is 12.5 Å². The van der Waals surface area contributed by atoms with Crippen LogP contribution in [0.4, 0.5) is 0 Å². The molecule has 0 fully saturated rings. The Kier molecular flexibility index (Phi) is 4.86. The molecule has 0 atom stereocenters. The molecular formula is C13H17N3O3S. The Hall–Kier alpha value is -1.73. The number of aromatic nitrogens is 2. The number of hydrogen-bond donors (Lipinski definition) is 1. The van der Waals surface area contributed by atoms with Crippen molar-refractivity contribution in [3.63, 3.8) is 0 Å². The monoisotopic (exact) mass is 295 g/mol. The third-order valence-corrected chi connectivity index (χ3v) is 4.16. The molecule has 2 rings (SSSR count). The van der Waals surface area contributed by atoms with Crippen LogP contribution in [0.15, 0.2) is 34.9 Å². The van der Waals surface area contributed by atoms with Gasteiger partial charge in [-0.1, -0.05) is 35.5 Å². The molecule has 1 heterocycles. The summed E-state index contributed by atoms with van der Waals surface area (Å²) < 4.78 is 30.1.